The largest absolute Gasteiger partial charge is 0.385 e. The number of ether oxygens (including phenoxy) is 1. The van der Waals surface area contributed by atoms with Gasteiger partial charge in [-0.25, -0.2) is 9.97 Å². The van der Waals surface area contributed by atoms with E-state index < -0.39 is 0 Å². The van der Waals surface area contributed by atoms with Crippen molar-refractivity contribution in [3.8, 4) is 0 Å². The number of nitrogen functional groups attached to an aromatic ring is 1. The summed E-state index contributed by atoms with van der Waals surface area (Å²) < 4.78 is 5.10. The lowest BCUT2D eigenvalue weighted by Gasteiger charge is -2.47. The van der Waals surface area contributed by atoms with Crippen molar-refractivity contribution in [2.75, 3.05) is 45.6 Å². The first-order valence-corrected chi connectivity index (χ1v) is 9.60. The molecule has 8 nitrogen and oxygen atoms in total. The molecule has 0 aliphatic carbocycles. The van der Waals surface area contributed by atoms with Crippen molar-refractivity contribution in [3.63, 3.8) is 0 Å². The number of piperidine rings is 2. The second kappa shape index (κ2) is 8.21. The molecule has 8 heteroatoms. The molecule has 1 aromatic rings. The average molecular weight is 375 g/mol. The first-order chi connectivity index (χ1) is 12.9. The number of hydrogen-bond donors (Lipinski definition) is 1. The fraction of sp³-hybridized carbons (Fsp3) is 0.684. The minimum absolute atomic E-state index is 0.0918. The fourth-order valence-electron chi connectivity index (χ4n) is 4.16. The van der Waals surface area contributed by atoms with Crippen molar-refractivity contribution in [1.82, 2.24) is 19.8 Å². The van der Waals surface area contributed by atoms with Gasteiger partial charge in [0.15, 0.2) is 0 Å². The first kappa shape index (κ1) is 19.5. The number of aryl methyl sites for hydroxylation is 1. The van der Waals surface area contributed by atoms with Gasteiger partial charge in [-0.3, -0.25) is 9.59 Å². The van der Waals surface area contributed by atoms with Crippen molar-refractivity contribution >= 4 is 17.8 Å². The Balaban J connectivity index is 1.60. The number of nitrogens with two attached hydrogens (primary N) is 1. The molecule has 3 heterocycles. The van der Waals surface area contributed by atoms with Gasteiger partial charge in [-0.1, -0.05) is 0 Å². The van der Waals surface area contributed by atoms with Crippen LogP contribution in [0.2, 0.25) is 0 Å². The quantitative estimate of drug-likeness (QED) is 0.777. The number of likely N-dealkylation sites (tertiary alicyclic amines) is 2. The number of hydrogen-bond acceptors (Lipinski definition) is 6. The van der Waals surface area contributed by atoms with Gasteiger partial charge in [-0.2, -0.15) is 0 Å². The molecule has 2 fully saturated rings. The maximum absolute atomic E-state index is 12.8. The second-order valence-corrected chi connectivity index (χ2v) is 7.71. The monoisotopic (exact) mass is 375 g/mol. The number of amides is 2. The Bertz CT molecular complexity index is 680. The molecular weight excluding hydrogens is 346 g/mol. The molecule has 1 aromatic heterocycles. The third-order valence-corrected chi connectivity index (χ3v) is 5.73. The number of nitrogens with zero attached hydrogens (tertiary/aromatic N) is 4. The van der Waals surface area contributed by atoms with Crippen LogP contribution in [0.25, 0.3) is 0 Å². The minimum atomic E-state index is -0.0918. The van der Waals surface area contributed by atoms with E-state index in [1.54, 1.807) is 20.1 Å². The molecule has 0 saturated carbocycles. The predicted octanol–water partition coefficient (Wildman–Crippen LogP) is 1.25. The SMILES string of the molecule is COCCCN1CC2(CCC1=O)CCN(C(=O)c1cc(C)nc(N)n1)CC2. The van der Waals surface area contributed by atoms with E-state index in [0.717, 1.165) is 38.8 Å². The fourth-order valence-corrected chi connectivity index (χ4v) is 4.16. The smallest absolute Gasteiger partial charge is 0.272 e. The van der Waals surface area contributed by atoms with Crippen LogP contribution in [0.1, 0.15) is 48.3 Å². The Labute approximate surface area is 160 Å². The molecule has 2 saturated heterocycles. The molecule has 0 unspecified atom stereocenters. The highest BCUT2D eigenvalue weighted by Gasteiger charge is 2.41. The summed E-state index contributed by atoms with van der Waals surface area (Å²) in [7, 11) is 1.68. The van der Waals surface area contributed by atoms with E-state index in [9.17, 15) is 9.59 Å². The summed E-state index contributed by atoms with van der Waals surface area (Å²) in [6.07, 6.45) is 4.19. The Hall–Kier alpha value is -2.22. The van der Waals surface area contributed by atoms with Gasteiger partial charge in [0, 0.05) is 52.0 Å². The van der Waals surface area contributed by atoms with Crippen LogP contribution in [-0.4, -0.2) is 71.5 Å². The van der Waals surface area contributed by atoms with Gasteiger partial charge in [-0.05, 0) is 44.1 Å². The van der Waals surface area contributed by atoms with E-state index in [1.807, 2.05) is 9.80 Å². The molecule has 1 spiro atoms. The lowest BCUT2D eigenvalue weighted by molar-refractivity contribution is -0.139. The van der Waals surface area contributed by atoms with Gasteiger partial charge in [0.2, 0.25) is 11.9 Å². The Morgan fingerprint density at radius 1 is 1.30 bits per heavy atom. The summed E-state index contributed by atoms with van der Waals surface area (Å²) in [6, 6.07) is 1.68. The standard InChI is InChI=1S/C19H29N5O3/c1-14-12-15(22-18(20)21-14)17(26)23-9-6-19(7-10-23)5-4-16(25)24(13-19)8-3-11-27-2/h12H,3-11,13H2,1-2H3,(H2,20,21,22). The van der Waals surface area contributed by atoms with Gasteiger partial charge in [-0.15, -0.1) is 0 Å². The normalized spacial score (nSPS) is 19.6. The van der Waals surface area contributed by atoms with Crippen LogP contribution >= 0.6 is 0 Å². The molecule has 2 aliphatic heterocycles. The molecule has 2 N–H and O–H groups in total. The van der Waals surface area contributed by atoms with Crippen LogP contribution in [0.3, 0.4) is 0 Å². The van der Waals surface area contributed by atoms with Gasteiger partial charge in [0.05, 0.1) is 0 Å². The van der Waals surface area contributed by atoms with Gasteiger partial charge >= 0.3 is 0 Å². The first-order valence-electron chi connectivity index (χ1n) is 9.60. The Morgan fingerprint density at radius 3 is 2.70 bits per heavy atom. The Kier molecular flexibility index (Phi) is 5.94. The van der Waals surface area contributed by atoms with E-state index >= 15 is 0 Å². The average Bonchev–Trinajstić information content (AvgIpc) is 2.64. The number of carbonyl (C=O) groups excluding carboxylic acids is 2. The highest BCUT2D eigenvalue weighted by Crippen LogP contribution is 2.40. The topological polar surface area (TPSA) is 102 Å². The zero-order valence-electron chi connectivity index (χ0n) is 16.2. The molecule has 0 atom stereocenters. The zero-order chi connectivity index (χ0) is 19.4. The van der Waals surface area contributed by atoms with Crippen molar-refractivity contribution in [1.29, 1.82) is 0 Å². The molecular formula is C19H29N5O3. The third kappa shape index (κ3) is 4.55. The van der Waals surface area contributed by atoms with Crippen molar-refractivity contribution in [2.24, 2.45) is 5.41 Å². The van der Waals surface area contributed by atoms with Gasteiger partial charge in [0.25, 0.3) is 5.91 Å². The van der Waals surface area contributed by atoms with Gasteiger partial charge < -0.3 is 20.3 Å². The van der Waals surface area contributed by atoms with Crippen molar-refractivity contribution in [2.45, 2.75) is 39.0 Å². The zero-order valence-corrected chi connectivity index (χ0v) is 16.2. The van der Waals surface area contributed by atoms with Crippen molar-refractivity contribution in [3.05, 3.63) is 17.5 Å². The summed E-state index contributed by atoms with van der Waals surface area (Å²) in [5.41, 5.74) is 6.85. The maximum Gasteiger partial charge on any atom is 0.272 e. The number of carbonyl (C=O) groups is 2. The molecule has 0 aromatic carbocycles. The second-order valence-electron chi connectivity index (χ2n) is 7.71. The highest BCUT2D eigenvalue weighted by molar-refractivity contribution is 5.92. The number of anilines is 1. The number of methoxy groups -OCH3 is 1. The third-order valence-electron chi connectivity index (χ3n) is 5.73. The molecule has 2 aliphatic rings. The molecule has 0 radical (unpaired) electrons. The summed E-state index contributed by atoms with van der Waals surface area (Å²) in [5.74, 6) is 0.275. The highest BCUT2D eigenvalue weighted by atomic mass is 16.5. The lowest BCUT2D eigenvalue weighted by atomic mass is 9.72. The lowest BCUT2D eigenvalue weighted by Crippen LogP contribution is -2.52. The van der Waals surface area contributed by atoms with Crippen LogP contribution in [-0.2, 0) is 9.53 Å². The molecule has 2 amide bonds. The van der Waals surface area contributed by atoms with E-state index in [4.69, 9.17) is 10.5 Å². The minimum Gasteiger partial charge on any atom is -0.385 e. The number of aromatic nitrogens is 2. The van der Waals surface area contributed by atoms with E-state index in [-0.39, 0.29) is 23.2 Å². The summed E-state index contributed by atoms with van der Waals surface area (Å²) >= 11 is 0. The molecule has 27 heavy (non-hydrogen) atoms. The van der Waals surface area contributed by atoms with Crippen LogP contribution < -0.4 is 5.73 Å². The molecule has 148 valence electrons. The van der Waals surface area contributed by atoms with Crippen LogP contribution in [0, 0.1) is 12.3 Å². The van der Waals surface area contributed by atoms with E-state index in [2.05, 4.69) is 9.97 Å². The van der Waals surface area contributed by atoms with Crippen LogP contribution in [0.15, 0.2) is 6.07 Å². The summed E-state index contributed by atoms with van der Waals surface area (Å²) in [5, 5.41) is 0. The summed E-state index contributed by atoms with van der Waals surface area (Å²) in [6.45, 7) is 5.37. The predicted molar refractivity (Wildman–Crippen MR) is 101 cm³/mol. The van der Waals surface area contributed by atoms with Crippen LogP contribution in [0.5, 0.6) is 0 Å². The maximum atomic E-state index is 12.8. The summed E-state index contributed by atoms with van der Waals surface area (Å²) in [4.78, 5) is 36.9. The van der Waals surface area contributed by atoms with Gasteiger partial charge in [0.1, 0.15) is 5.69 Å². The molecule has 0 bridgehead atoms. The van der Waals surface area contributed by atoms with Crippen LogP contribution in [0.4, 0.5) is 5.95 Å². The van der Waals surface area contributed by atoms with Crippen molar-refractivity contribution < 1.29 is 14.3 Å². The Morgan fingerprint density at radius 2 is 2.04 bits per heavy atom. The molecule has 3 rings (SSSR count). The van der Waals surface area contributed by atoms with E-state index in [0.29, 0.717) is 37.5 Å². The number of rotatable bonds is 5. The van der Waals surface area contributed by atoms with E-state index in [1.165, 1.54) is 0 Å².